The molecule has 0 atom stereocenters. The first-order valence-electron chi connectivity index (χ1n) is 13.8. The first kappa shape index (κ1) is 25.0. The van der Waals surface area contributed by atoms with Gasteiger partial charge in [-0.25, -0.2) is 0 Å². The van der Waals surface area contributed by atoms with Crippen molar-refractivity contribution >= 4 is 82.6 Å². The van der Waals surface area contributed by atoms with Crippen molar-refractivity contribution in [3.8, 4) is 11.1 Å². The van der Waals surface area contributed by atoms with E-state index in [1.807, 2.05) is 0 Å². The van der Waals surface area contributed by atoms with Crippen molar-refractivity contribution in [3.05, 3.63) is 154 Å². The summed E-state index contributed by atoms with van der Waals surface area (Å²) in [6.07, 6.45) is 0.901. The summed E-state index contributed by atoms with van der Waals surface area (Å²) in [5.41, 5.74) is 7.32. The van der Waals surface area contributed by atoms with Gasteiger partial charge in [-0.1, -0.05) is 137 Å². The first-order chi connectivity index (χ1) is 20.2. The highest BCUT2D eigenvalue weighted by molar-refractivity contribution is 9.11. The average Bonchev–Trinajstić information content (AvgIpc) is 3.60. The lowest BCUT2D eigenvalue weighted by Crippen LogP contribution is -2.75. The highest BCUT2D eigenvalue weighted by atomic mass is 79.9. The maximum absolute atomic E-state index is 6.87. The van der Waals surface area contributed by atoms with Gasteiger partial charge in [0.15, 0.2) is 8.07 Å². The van der Waals surface area contributed by atoms with Gasteiger partial charge in [0, 0.05) is 15.2 Å². The van der Waals surface area contributed by atoms with Crippen molar-refractivity contribution in [2.75, 3.05) is 0 Å². The number of furan rings is 1. The maximum atomic E-state index is 6.87. The number of halogens is 2. The van der Waals surface area contributed by atoms with Crippen molar-refractivity contribution in [1.29, 1.82) is 0 Å². The molecule has 41 heavy (non-hydrogen) atoms. The molecule has 0 amide bonds. The molecule has 1 aliphatic carbocycles. The molecule has 0 spiro atoms. The van der Waals surface area contributed by atoms with E-state index in [-0.39, 0.29) is 0 Å². The Morgan fingerprint density at radius 1 is 0.463 bits per heavy atom. The molecule has 8 rings (SSSR count). The van der Waals surface area contributed by atoms with Gasteiger partial charge in [-0.2, -0.15) is 0 Å². The van der Waals surface area contributed by atoms with E-state index in [9.17, 15) is 0 Å². The molecule has 0 aliphatic heterocycles. The van der Waals surface area contributed by atoms with E-state index in [4.69, 9.17) is 4.42 Å². The lowest BCUT2D eigenvalue weighted by atomic mass is 10.1. The Labute approximate surface area is 256 Å². The van der Waals surface area contributed by atoms with E-state index < -0.39 is 8.07 Å². The van der Waals surface area contributed by atoms with Crippen LogP contribution in [0.15, 0.2) is 147 Å². The molecule has 4 heteroatoms. The van der Waals surface area contributed by atoms with Crippen LogP contribution in [0.3, 0.4) is 0 Å². The second kappa shape index (κ2) is 9.69. The highest BCUT2D eigenvalue weighted by Crippen LogP contribution is 2.40. The van der Waals surface area contributed by atoms with Crippen LogP contribution in [0.2, 0.25) is 0 Å². The normalized spacial score (nSPS) is 12.5. The van der Waals surface area contributed by atoms with Crippen LogP contribution < -0.4 is 20.7 Å². The molecule has 0 saturated carbocycles. The van der Waals surface area contributed by atoms with E-state index in [1.165, 1.54) is 47.5 Å². The minimum Gasteiger partial charge on any atom is -0.455 e. The lowest BCUT2D eigenvalue weighted by molar-refractivity contribution is 0.669. The standard InChI is InChI=1S/C37H24Br2OSi/c38-32-19-7-15-26-27-16-9-21-34(31(27)23-30(26)32)41(24-11-3-1-4-12-24,25-13-5-2-6-14-25)35-22-10-18-29-28-17-8-20-33(39)36(28)40-37(29)35/h1-22H,23H2. The van der Waals surface area contributed by atoms with Gasteiger partial charge in [-0.3, -0.25) is 0 Å². The van der Waals surface area contributed by atoms with Crippen molar-refractivity contribution in [2.24, 2.45) is 0 Å². The van der Waals surface area contributed by atoms with E-state index in [0.717, 1.165) is 32.8 Å². The van der Waals surface area contributed by atoms with Crippen LogP contribution in [-0.2, 0) is 6.42 Å². The fraction of sp³-hybridized carbons (Fsp3) is 0.0270. The predicted molar refractivity (Wildman–Crippen MR) is 181 cm³/mol. The van der Waals surface area contributed by atoms with Gasteiger partial charge in [-0.05, 0) is 77.5 Å². The molecular weight excluding hydrogens is 648 g/mol. The van der Waals surface area contributed by atoms with Crippen LogP contribution in [-0.4, -0.2) is 8.07 Å². The van der Waals surface area contributed by atoms with Gasteiger partial charge in [-0.15, -0.1) is 0 Å². The number of para-hydroxylation sites is 2. The van der Waals surface area contributed by atoms with Crippen LogP contribution >= 0.6 is 31.9 Å². The molecule has 196 valence electrons. The molecule has 0 bridgehead atoms. The summed E-state index contributed by atoms with van der Waals surface area (Å²) in [4.78, 5) is 0. The fourth-order valence-electron chi connectivity index (χ4n) is 6.94. The highest BCUT2D eigenvalue weighted by Gasteiger charge is 2.46. The molecule has 1 nitrogen and oxygen atoms in total. The van der Waals surface area contributed by atoms with Crippen LogP contribution in [0.4, 0.5) is 0 Å². The molecule has 1 aromatic heterocycles. The third kappa shape index (κ3) is 3.64. The average molecular weight is 672 g/mol. The Morgan fingerprint density at radius 3 is 1.71 bits per heavy atom. The summed E-state index contributed by atoms with van der Waals surface area (Å²) in [5.74, 6) is 0. The van der Waals surface area contributed by atoms with Crippen LogP contribution in [0, 0.1) is 0 Å². The second-order valence-electron chi connectivity index (χ2n) is 10.7. The zero-order valence-corrected chi connectivity index (χ0v) is 26.2. The van der Waals surface area contributed by atoms with Crippen molar-refractivity contribution in [1.82, 2.24) is 0 Å². The third-order valence-electron chi connectivity index (χ3n) is 8.64. The topological polar surface area (TPSA) is 13.1 Å². The molecule has 0 fully saturated rings. The number of hydrogen-bond acceptors (Lipinski definition) is 1. The van der Waals surface area contributed by atoms with Gasteiger partial charge in [0.1, 0.15) is 11.2 Å². The monoisotopic (exact) mass is 670 g/mol. The number of benzene rings is 6. The van der Waals surface area contributed by atoms with Gasteiger partial charge in [0.05, 0.1) is 4.47 Å². The minimum atomic E-state index is -2.88. The largest absolute Gasteiger partial charge is 0.455 e. The molecule has 0 radical (unpaired) electrons. The Kier molecular flexibility index (Phi) is 5.92. The molecule has 7 aromatic rings. The van der Waals surface area contributed by atoms with Gasteiger partial charge < -0.3 is 4.42 Å². The molecule has 0 unspecified atom stereocenters. The quantitative estimate of drug-likeness (QED) is 0.136. The van der Waals surface area contributed by atoms with Crippen LogP contribution in [0.25, 0.3) is 33.1 Å². The number of rotatable bonds is 4. The summed E-state index contributed by atoms with van der Waals surface area (Å²) in [6, 6.07) is 48.9. The predicted octanol–water partition coefficient (Wildman–Crippen LogP) is 8.06. The van der Waals surface area contributed by atoms with Gasteiger partial charge in [0.25, 0.3) is 0 Å². The third-order valence-corrected chi connectivity index (χ3v) is 14.9. The Hall–Kier alpha value is -3.70. The Morgan fingerprint density at radius 2 is 1.00 bits per heavy atom. The zero-order valence-electron chi connectivity index (χ0n) is 22.1. The SMILES string of the molecule is Brc1cccc2c1Cc1c-2cccc1[Si](c1ccccc1)(c1ccccc1)c1cccc2c1oc1c(Br)cccc12. The van der Waals surface area contributed by atoms with Crippen LogP contribution in [0.1, 0.15) is 11.1 Å². The molecule has 0 N–H and O–H groups in total. The van der Waals surface area contributed by atoms with E-state index in [1.54, 1.807) is 0 Å². The van der Waals surface area contributed by atoms with Gasteiger partial charge in [0.2, 0.25) is 0 Å². The van der Waals surface area contributed by atoms with E-state index in [2.05, 4.69) is 165 Å². The van der Waals surface area contributed by atoms with E-state index >= 15 is 0 Å². The summed E-state index contributed by atoms with van der Waals surface area (Å²) in [5, 5.41) is 7.68. The van der Waals surface area contributed by atoms with Crippen LogP contribution in [0.5, 0.6) is 0 Å². The summed E-state index contributed by atoms with van der Waals surface area (Å²) >= 11 is 7.63. The zero-order chi connectivity index (χ0) is 27.6. The summed E-state index contributed by atoms with van der Waals surface area (Å²) < 4.78 is 9.02. The summed E-state index contributed by atoms with van der Waals surface area (Å²) in [7, 11) is -2.88. The lowest BCUT2D eigenvalue weighted by Gasteiger charge is -2.36. The first-order valence-corrected chi connectivity index (χ1v) is 17.4. The fourth-order valence-corrected chi connectivity index (χ4v) is 13.0. The smallest absolute Gasteiger partial charge is 0.184 e. The Balaban J connectivity index is 1.56. The minimum absolute atomic E-state index is 0.897. The molecule has 1 heterocycles. The Bertz CT molecular complexity index is 2060. The molecular formula is C37H24Br2OSi. The van der Waals surface area contributed by atoms with Crippen molar-refractivity contribution in [2.45, 2.75) is 6.42 Å². The number of fused-ring (bicyclic) bond motifs is 6. The molecule has 0 saturated heterocycles. The molecule has 1 aliphatic rings. The van der Waals surface area contributed by atoms with Crippen molar-refractivity contribution < 1.29 is 4.42 Å². The second-order valence-corrected chi connectivity index (χ2v) is 16.1. The maximum Gasteiger partial charge on any atom is 0.184 e. The number of hydrogen-bond donors (Lipinski definition) is 0. The van der Waals surface area contributed by atoms with Crippen molar-refractivity contribution in [3.63, 3.8) is 0 Å². The van der Waals surface area contributed by atoms with Gasteiger partial charge >= 0.3 is 0 Å². The summed E-state index contributed by atoms with van der Waals surface area (Å²) in [6.45, 7) is 0. The molecule has 6 aromatic carbocycles. The van der Waals surface area contributed by atoms with E-state index in [0.29, 0.717) is 0 Å².